The van der Waals surface area contributed by atoms with Crippen molar-refractivity contribution >= 4 is 17.1 Å². The van der Waals surface area contributed by atoms with Crippen LogP contribution in [0.15, 0.2) is 32.9 Å². The van der Waals surface area contributed by atoms with Crippen molar-refractivity contribution in [2.45, 2.75) is 19.4 Å². The minimum absolute atomic E-state index is 0.0444. The van der Waals surface area contributed by atoms with E-state index in [1.165, 1.54) is 29.6 Å². The number of amides is 1. The summed E-state index contributed by atoms with van der Waals surface area (Å²) in [5, 5.41) is 6.41. The summed E-state index contributed by atoms with van der Waals surface area (Å²) in [4.78, 5) is 40.4. The smallest absolute Gasteiger partial charge is 0.332 e. The number of nitrogens with one attached hydrogen (secondary N) is 1. The van der Waals surface area contributed by atoms with Gasteiger partial charge >= 0.3 is 5.69 Å². The van der Waals surface area contributed by atoms with Gasteiger partial charge in [-0.05, 0) is 12.8 Å². The van der Waals surface area contributed by atoms with Crippen molar-refractivity contribution in [1.29, 1.82) is 0 Å². The topological polar surface area (TPSA) is 117 Å². The molecule has 1 N–H and O–H groups in total. The number of carbonyl (C=O) groups excluding carboxylic acids is 1. The van der Waals surface area contributed by atoms with Crippen LogP contribution in [0.3, 0.4) is 0 Å². The van der Waals surface area contributed by atoms with Gasteiger partial charge < -0.3 is 14.4 Å². The lowest BCUT2D eigenvalue weighted by Crippen LogP contribution is -2.38. The van der Waals surface area contributed by atoms with Crippen molar-refractivity contribution in [3.8, 4) is 0 Å². The Morgan fingerprint density at radius 2 is 2.08 bits per heavy atom. The van der Waals surface area contributed by atoms with E-state index in [2.05, 4.69) is 15.5 Å². The molecule has 0 aromatic carbocycles. The Labute approximate surface area is 141 Å². The van der Waals surface area contributed by atoms with Gasteiger partial charge in [-0.3, -0.25) is 18.7 Å². The molecule has 1 amide bonds. The maximum Gasteiger partial charge on any atom is 0.332 e. The molecule has 0 aliphatic rings. The Bertz CT molecular complexity index is 1010. The summed E-state index contributed by atoms with van der Waals surface area (Å²) in [6.45, 7) is 0.449. The molecule has 0 saturated carbocycles. The summed E-state index contributed by atoms with van der Waals surface area (Å²) in [5.74, 6) is -0.236. The van der Waals surface area contributed by atoms with Crippen LogP contribution < -0.4 is 16.6 Å². The third-order valence-electron chi connectivity index (χ3n) is 3.98. The monoisotopic (exact) mass is 346 g/mol. The molecule has 10 heteroatoms. The number of hydrogen-bond acceptors (Lipinski definition) is 6. The van der Waals surface area contributed by atoms with Gasteiger partial charge in [-0.1, -0.05) is 5.16 Å². The standard InChI is InChI=1S/C15H18N6O4/c1-19-13-12(14(23)20(2)15(19)24)21(9-17-13)7-11(22)16-5-3-4-10-6-18-25-8-10/h6,8-9H,3-5,7H2,1-2H3,(H,16,22). The average Bonchev–Trinajstić information content (AvgIpc) is 3.25. The molecule has 3 aromatic heterocycles. The third kappa shape index (κ3) is 3.23. The second-order valence-corrected chi connectivity index (χ2v) is 5.74. The van der Waals surface area contributed by atoms with Gasteiger partial charge in [-0.15, -0.1) is 0 Å². The van der Waals surface area contributed by atoms with Gasteiger partial charge in [0.2, 0.25) is 5.91 Å². The SMILES string of the molecule is Cn1c(=O)c2c(ncn2CC(=O)NCCCc2cnoc2)n(C)c1=O. The lowest BCUT2D eigenvalue weighted by Gasteiger charge is -2.07. The number of imidazole rings is 1. The van der Waals surface area contributed by atoms with Gasteiger partial charge in [0.1, 0.15) is 12.8 Å². The summed E-state index contributed by atoms with van der Waals surface area (Å²) in [7, 11) is 2.93. The van der Waals surface area contributed by atoms with Gasteiger partial charge in [0.15, 0.2) is 11.2 Å². The second-order valence-electron chi connectivity index (χ2n) is 5.74. The summed E-state index contributed by atoms with van der Waals surface area (Å²) in [5.41, 5.74) is 0.522. The number of carbonyl (C=O) groups is 1. The third-order valence-corrected chi connectivity index (χ3v) is 3.98. The molecular formula is C15H18N6O4. The van der Waals surface area contributed by atoms with Crippen LogP contribution in [0.4, 0.5) is 0 Å². The van der Waals surface area contributed by atoms with Crippen molar-refractivity contribution in [1.82, 2.24) is 29.2 Å². The number of aromatic nitrogens is 5. The average molecular weight is 346 g/mol. The first kappa shape index (κ1) is 16.7. The van der Waals surface area contributed by atoms with Crippen LogP contribution in [-0.2, 0) is 31.9 Å². The lowest BCUT2D eigenvalue weighted by atomic mass is 10.2. The Balaban J connectivity index is 1.67. The molecule has 3 heterocycles. The molecule has 132 valence electrons. The molecule has 3 aromatic rings. The number of rotatable bonds is 6. The zero-order chi connectivity index (χ0) is 18.0. The zero-order valence-electron chi connectivity index (χ0n) is 13.9. The van der Waals surface area contributed by atoms with Gasteiger partial charge in [0.25, 0.3) is 5.56 Å². The Kier molecular flexibility index (Phi) is 4.50. The van der Waals surface area contributed by atoms with E-state index >= 15 is 0 Å². The normalized spacial score (nSPS) is 11.1. The van der Waals surface area contributed by atoms with Gasteiger partial charge in [-0.25, -0.2) is 9.78 Å². The summed E-state index contributed by atoms with van der Waals surface area (Å²) in [6, 6.07) is 0. The van der Waals surface area contributed by atoms with E-state index in [1.54, 1.807) is 12.5 Å². The summed E-state index contributed by atoms with van der Waals surface area (Å²) >= 11 is 0. The van der Waals surface area contributed by atoms with Crippen molar-refractivity contribution in [3.05, 3.63) is 45.2 Å². The van der Waals surface area contributed by atoms with Gasteiger partial charge in [0, 0.05) is 26.2 Å². The van der Waals surface area contributed by atoms with Crippen molar-refractivity contribution in [3.63, 3.8) is 0 Å². The van der Waals surface area contributed by atoms with E-state index in [1.807, 2.05) is 0 Å². The van der Waals surface area contributed by atoms with E-state index in [9.17, 15) is 14.4 Å². The molecule has 0 fully saturated rings. The van der Waals surface area contributed by atoms with Crippen LogP contribution in [-0.4, -0.2) is 36.3 Å². The number of fused-ring (bicyclic) bond motifs is 1. The lowest BCUT2D eigenvalue weighted by molar-refractivity contribution is -0.121. The highest BCUT2D eigenvalue weighted by Gasteiger charge is 2.15. The molecule has 0 aliphatic carbocycles. The minimum Gasteiger partial charge on any atom is -0.364 e. The van der Waals surface area contributed by atoms with Crippen LogP contribution in [0.25, 0.3) is 11.2 Å². The minimum atomic E-state index is -0.476. The van der Waals surface area contributed by atoms with E-state index < -0.39 is 11.2 Å². The van der Waals surface area contributed by atoms with Gasteiger partial charge in [-0.2, -0.15) is 0 Å². The molecule has 0 unspecified atom stereocenters. The molecule has 10 nitrogen and oxygen atoms in total. The quantitative estimate of drug-likeness (QED) is 0.582. The Morgan fingerprint density at radius 3 is 2.80 bits per heavy atom. The molecule has 0 spiro atoms. The summed E-state index contributed by atoms with van der Waals surface area (Å²) < 4.78 is 8.47. The fourth-order valence-corrected chi connectivity index (χ4v) is 2.60. The fourth-order valence-electron chi connectivity index (χ4n) is 2.60. The molecule has 0 saturated heterocycles. The van der Waals surface area contributed by atoms with E-state index in [0.717, 1.165) is 23.0 Å². The first-order chi connectivity index (χ1) is 12.0. The number of hydrogen-bond donors (Lipinski definition) is 1. The fraction of sp³-hybridized carbons (Fsp3) is 0.400. The summed E-state index contributed by atoms with van der Waals surface area (Å²) in [6.07, 6.45) is 6.09. The molecule has 3 rings (SSSR count). The van der Waals surface area contributed by atoms with E-state index in [-0.39, 0.29) is 23.6 Å². The highest BCUT2D eigenvalue weighted by molar-refractivity contribution is 5.78. The maximum absolute atomic E-state index is 12.3. The van der Waals surface area contributed by atoms with Crippen molar-refractivity contribution in [2.24, 2.45) is 14.1 Å². The van der Waals surface area contributed by atoms with Gasteiger partial charge in [0.05, 0.1) is 12.5 Å². The predicted octanol–water partition coefficient (Wildman–Crippen LogP) is -0.829. The van der Waals surface area contributed by atoms with Crippen LogP contribution in [0.5, 0.6) is 0 Å². The molecule has 0 aliphatic heterocycles. The number of aryl methyl sites for hydroxylation is 2. The molecule has 0 atom stereocenters. The van der Waals surface area contributed by atoms with Crippen LogP contribution in [0.2, 0.25) is 0 Å². The van der Waals surface area contributed by atoms with Crippen molar-refractivity contribution in [2.75, 3.05) is 6.54 Å². The first-order valence-corrected chi connectivity index (χ1v) is 7.75. The zero-order valence-corrected chi connectivity index (χ0v) is 13.9. The number of nitrogens with zero attached hydrogens (tertiary/aromatic N) is 5. The first-order valence-electron chi connectivity index (χ1n) is 7.75. The van der Waals surface area contributed by atoms with E-state index in [4.69, 9.17) is 4.52 Å². The highest BCUT2D eigenvalue weighted by atomic mass is 16.5. The van der Waals surface area contributed by atoms with Crippen LogP contribution in [0, 0.1) is 0 Å². The molecule has 0 radical (unpaired) electrons. The van der Waals surface area contributed by atoms with Crippen LogP contribution in [0.1, 0.15) is 12.0 Å². The van der Waals surface area contributed by atoms with E-state index in [0.29, 0.717) is 6.54 Å². The molecule has 25 heavy (non-hydrogen) atoms. The largest absolute Gasteiger partial charge is 0.364 e. The highest BCUT2D eigenvalue weighted by Crippen LogP contribution is 2.05. The predicted molar refractivity (Wildman–Crippen MR) is 88.0 cm³/mol. The maximum atomic E-state index is 12.3. The Morgan fingerprint density at radius 1 is 1.28 bits per heavy atom. The molecule has 0 bridgehead atoms. The van der Waals surface area contributed by atoms with Crippen LogP contribution >= 0.6 is 0 Å². The second kappa shape index (κ2) is 6.75. The molecular weight excluding hydrogens is 328 g/mol. The Hall–Kier alpha value is -3.17. The van der Waals surface area contributed by atoms with Crippen molar-refractivity contribution < 1.29 is 9.32 Å².